The van der Waals surface area contributed by atoms with Gasteiger partial charge in [-0.05, 0) is 36.8 Å². The molecular formula is C18H17FO4. The SMILES string of the molecule is O=C(O)CCCC(=O)c1ccc(OCc2ccccc2F)cc1. The second kappa shape index (κ2) is 8.08. The van der Waals surface area contributed by atoms with Crippen molar-refractivity contribution in [3.8, 4) is 5.75 Å². The van der Waals surface area contributed by atoms with Crippen molar-refractivity contribution in [3.05, 3.63) is 65.5 Å². The smallest absolute Gasteiger partial charge is 0.303 e. The first-order valence-corrected chi connectivity index (χ1v) is 7.27. The van der Waals surface area contributed by atoms with Gasteiger partial charge in [-0.2, -0.15) is 0 Å². The number of ether oxygens (including phenoxy) is 1. The summed E-state index contributed by atoms with van der Waals surface area (Å²) in [6.07, 6.45) is 0.497. The first kappa shape index (κ1) is 16.7. The Bertz CT molecular complexity index is 680. The highest BCUT2D eigenvalue weighted by Crippen LogP contribution is 2.17. The van der Waals surface area contributed by atoms with Gasteiger partial charge in [0.25, 0.3) is 0 Å². The molecule has 0 fully saturated rings. The second-order valence-electron chi connectivity index (χ2n) is 5.07. The van der Waals surface area contributed by atoms with E-state index in [0.29, 0.717) is 23.3 Å². The van der Waals surface area contributed by atoms with Crippen LogP contribution < -0.4 is 4.74 Å². The van der Waals surface area contributed by atoms with E-state index in [0.717, 1.165) is 0 Å². The van der Waals surface area contributed by atoms with E-state index in [-0.39, 0.29) is 31.0 Å². The standard InChI is InChI=1S/C18H17FO4/c19-16-5-2-1-4-14(16)12-23-15-10-8-13(9-11-15)17(20)6-3-7-18(21)22/h1-2,4-5,8-11H,3,6-7,12H2,(H,21,22). The zero-order valence-electron chi connectivity index (χ0n) is 12.5. The molecule has 0 aliphatic carbocycles. The second-order valence-corrected chi connectivity index (χ2v) is 5.07. The molecule has 120 valence electrons. The third-order valence-electron chi connectivity index (χ3n) is 3.32. The summed E-state index contributed by atoms with van der Waals surface area (Å²) in [5, 5.41) is 8.55. The Balaban J connectivity index is 1.88. The van der Waals surface area contributed by atoms with Crippen LogP contribution in [0.3, 0.4) is 0 Å². The van der Waals surface area contributed by atoms with Gasteiger partial charge in [0.2, 0.25) is 0 Å². The molecule has 2 rings (SSSR count). The number of carbonyl (C=O) groups excluding carboxylic acids is 1. The molecule has 0 amide bonds. The van der Waals surface area contributed by atoms with Gasteiger partial charge >= 0.3 is 5.97 Å². The molecule has 0 aliphatic rings. The van der Waals surface area contributed by atoms with Crippen LogP contribution in [0.1, 0.15) is 35.2 Å². The van der Waals surface area contributed by atoms with E-state index < -0.39 is 5.97 Å². The Kier molecular flexibility index (Phi) is 5.86. The van der Waals surface area contributed by atoms with Crippen LogP contribution in [0.2, 0.25) is 0 Å². The lowest BCUT2D eigenvalue weighted by atomic mass is 10.1. The predicted molar refractivity (Wildman–Crippen MR) is 83.0 cm³/mol. The van der Waals surface area contributed by atoms with Gasteiger partial charge in [-0.25, -0.2) is 4.39 Å². The van der Waals surface area contributed by atoms with E-state index in [2.05, 4.69) is 0 Å². The monoisotopic (exact) mass is 316 g/mol. The van der Waals surface area contributed by atoms with Gasteiger partial charge in [0.1, 0.15) is 18.2 Å². The minimum absolute atomic E-state index is 0.0183. The van der Waals surface area contributed by atoms with Crippen molar-refractivity contribution in [2.45, 2.75) is 25.9 Å². The van der Waals surface area contributed by atoms with Crippen molar-refractivity contribution >= 4 is 11.8 Å². The highest BCUT2D eigenvalue weighted by atomic mass is 19.1. The van der Waals surface area contributed by atoms with Crippen molar-refractivity contribution < 1.29 is 23.8 Å². The average Bonchev–Trinajstić information content (AvgIpc) is 2.54. The summed E-state index contributed by atoms with van der Waals surface area (Å²) in [5.74, 6) is -0.797. The van der Waals surface area contributed by atoms with Gasteiger partial charge in [0.05, 0.1) is 0 Å². The van der Waals surface area contributed by atoms with Crippen LogP contribution in [0.25, 0.3) is 0 Å². The Morgan fingerprint density at radius 1 is 1.00 bits per heavy atom. The molecule has 0 radical (unpaired) electrons. The third kappa shape index (κ3) is 5.21. The van der Waals surface area contributed by atoms with E-state index >= 15 is 0 Å². The number of benzene rings is 2. The topological polar surface area (TPSA) is 63.6 Å². The molecule has 0 saturated carbocycles. The van der Waals surface area contributed by atoms with Crippen LogP contribution in [0.4, 0.5) is 4.39 Å². The number of hydrogen-bond donors (Lipinski definition) is 1. The largest absolute Gasteiger partial charge is 0.489 e. The number of Topliss-reactive ketones (excluding diaryl/α,β-unsaturated/α-hetero) is 1. The maximum atomic E-state index is 13.5. The van der Waals surface area contributed by atoms with Gasteiger partial charge in [-0.15, -0.1) is 0 Å². The summed E-state index contributed by atoms with van der Waals surface area (Å²) in [6, 6.07) is 12.9. The Morgan fingerprint density at radius 2 is 1.70 bits per heavy atom. The fraction of sp³-hybridized carbons (Fsp3) is 0.222. The fourth-order valence-corrected chi connectivity index (χ4v) is 2.06. The fourth-order valence-electron chi connectivity index (χ4n) is 2.06. The molecule has 0 bridgehead atoms. The highest BCUT2D eigenvalue weighted by Gasteiger charge is 2.08. The summed E-state index contributed by atoms with van der Waals surface area (Å²) < 4.78 is 19.0. The van der Waals surface area contributed by atoms with Crippen molar-refractivity contribution in [2.75, 3.05) is 0 Å². The molecule has 0 unspecified atom stereocenters. The van der Waals surface area contributed by atoms with E-state index in [9.17, 15) is 14.0 Å². The molecule has 0 spiro atoms. The van der Waals surface area contributed by atoms with Crippen molar-refractivity contribution in [1.29, 1.82) is 0 Å². The molecule has 0 atom stereocenters. The number of carbonyl (C=O) groups is 2. The molecule has 5 heteroatoms. The minimum Gasteiger partial charge on any atom is -0.489 e. The Labute approximate surface area is 133 Å². The van der Waals surface area contributed by atoms with E-state index in [1.165, 1.54) is 6.07 Å². The molecule has 0 saturated heterocycles. The number of ketones is 1. The van der Waals surface area contributed by atoms with Crippen LogP contribution in [0.5, 0.6) is 5.75 Å². The predicted octanol–water partition coefficient (Wildman–Crippen LogP) is 3.84. The Hall–Kier alpha value is -2.69. The van der Waals surface area contributed by atoms with Gasteiger partial charge in [-0.1, -0.05) is 18.2 Å². The number of aliphatic carboxylic acids is 1. The maximum Gasteiger partial charge on any atom is 0.303 e. The Morgan fingerprint density at radius 3 is 2.35 bits per heavy atom. The molecule has 23 heavy (non-hydrogen) atoms. The molecule has 0 heterocycles. The average molecular weight is 316 g/mol. The maximum absolute atomic E-state index is 13.5. The zero-order valence-corrected chi connectivity index (χ0v) is 12.5. The van der Waals surface area contributed by atoms with Gasteiger partial charge < -0.3 is 9.84 Å². The van der Waals surface area contributed by atoms with Gasteiger partial charge in [0, 0.05) is 24.0 Å². The normalized spacial score (nSPS) is 10.3. The first-order valence-electron chi connectivity index (χ1n) is 7.27. The molecule has 1 N–H and O–H groups in total. The molecule has 2 aromatic carbocycles. The first-order chi connectivity index (χ1) is 11.1. The minimum atomic E-state index is -0.908. The van der Waals surface area contributed by atoms with E-state index in [4.69, 9.17) is 9.84 Å². The van der Waals surface area contributed by atoms with Crippen molar-refractivity contribution in [3.63, 3.8) is 0 Å². The third-order valence-corrected chi connectivity index (χ3v) is 3.32. The van der Waals surface area contributed by atoms with Crippen LogP contribution in [-0.4, -0.2) is 16.9 Å². The quantitative estimate of drug-likeness (QED) is 0.752. The summed E-state index contributed by atoms with van der Waals surface area (Å²) in [7, 11) is 0. The summed E-state index contributed by atoms with van der Waals surface area (Å²) in [4.78, 5) is 22.3. The zero-order chi connectivity index (χ0) is 16.7. The number of carboxylic acids is 1. The number of rotatable bonds is 8. The number of carboxylic acid groups (broad SMARTS) is 1. The lowest BCUT2D eigenvalue weighted by Crippen LogP contribution is -2.02. The molecule has 4 nitrogen and oxygen atoms in total. The lowest BCUT2D eigenvalue weighted by Gasteiger charge is -2.08. The van der Waals surface area contributed by atoms with Crippen molar-refractivity contribution in [1.82, 2.24) is 0 Å². The van der Waals surface area contributed by atoms with Crippen LogP contribution in [0.15, 0.2) is 48.5 Å². The summed E-state index contributed by atoms with van der Waals surface area (Å²) >= 11 is 0. The van der Waals surface area contributed by atoms with E-state index in [1.54, 1.807) is 42.5 Å². The molecular weight excluding hydrogens is 299 g/mol. The van der Waals surface area contributed by atoms with Gasteiger partial charge in [-0.3, -0.25) is 9.59 Å². The molecule has 0 aliphatic heterocycles. The molecule has 0 aromatic heterocycles. The van der Waals surface area contributed by atoms with Gasteiger partial charge in [0.15, 0.2) is 5.78 Å². The molecule has 2 aromatic rings. The summed E-state index contributed by atoms with van der Waals surface area (Å²) in [5.41, 5.74) is 0.968. The van der Waals surface area contributed by atoms with Crippen molar-refractivity contribution in [2.24, 2.45) is 0 Å². The number of hydrogen-bond acceptors (Lipinski definition) is 3. The van der Waals surface area contributed by atoms with E-state index in [1.807, 2.05) is 0 Å². The number of halogens is 1. The van der Waals surface area contributed by atoms with Crippen LogP contribution >= 0.6 is 0 Å². The highest BCUT2D eigenvalue weighted by molar-refractivity contribution is 5.96. The van der Waals surface area contributed by atoms with Crippen LogP contribution in [-0.2, 0) is 11.4 Å². The lowest BCUT2D eigenvalue weighted by molar-refractivity contribution is -0.137. The summed E-state index contributed by atoms with van der Waals surface area (Å²) in [6.45, 7) is 0.110. The van der Waals surface area contributed by atoms with Crippen LogP contribution in [0, 0.1) is 5.82 Å².